The number of Topliss-reactive ketones (excluding diaryl/α,β-unsaturated/α-hetero) is 1. The third-order valence-electron chi connectivity index (χ3n) is 11.4. The monoisotopic (exact) mass is 854 g/mol. The molecule has 0 aliphatic carbocycles. The van der Waals surface area contributed by atoms with Crippen LogP contribution in [0, 0.1) is 17.8 Å². The van der Waals surface area contributed by atoms with Crippen molar-refractivity contribution >= 4 is 23.8 Å². The minimum absolute atomic E-state index is 0.130. The Labute approximate surface area is 362 Å². The molecule has 0 spiro atoms. The van der Waals surface area contributed by atoms with E-state index in [0.717, 1.165) is 31.7 Å². The standard InChI is InChI=1S/C44H71N9O8/c1-31(2)39(46-43(57)49(5)17-19-51-21-25-60-26-22-51)41(55)37(38(45)34-11-9-8-10-12-34)36(54)30-53(29-33-13-15-35(59-7)16-14-33)48-42(56)40(32(3)4)47-44(58)50(6)18-20-52-23-27-61-28-24-52/h8-16,31-32,36-40,54H,17-30,45H2,1-7H3,(H,46,57)(H,47,58)(H,48,56)/t36-,37?,38?,39-,40-/m0/s1. The first-order chi connectivity index (χ1) is 29.2. The van der Waals surface area contributed by atoms with Crippen LogP contribution in [0.2, 0.25) is 0 Å². The number of nitrogens with zero attached hydrogens (tertiary/aromatic N) is 5. The molecule has 0 saturated carbocycles. The van der Waals surface area contributed by atoms with Crippen LogP contribution < -0.4 is 26.5 Å². The molecule has 17 nitrogen and oxygen atoms in total. The van der Waals surface area contributed by atoms with Gasteiger partial charge in [0.2, 0.25) is 0 Å². The molecule has 2 heterocycles. The van der Waals surface area contributed by atoms with E-state index in [4.69, 9.17) is 19.9 Å². The lowest BCUT2D eigenvalue weighted by Crippen LogP contribution is -2.59. The number of aliphatic hydroxyl groups excluding tert-OH is 1. The van der Waals surface area contributed by atoms with Gasteiger partial charge in [0.1, 0.15) is 11.8 Å². The molecule has 5 amide bonds. The summed E-state index contributed by atoms with van der Waals surface area (Å²) in [5, 5.41) is 19.6. The van der Waals surface area contributed by atoms with Crippen molar-refractivity contribution in [3.05, 3.63) is 65.7 Å². The molecule has 2 aliphatic heterocycles. The van der Waals surface area contributed by atoms with Crippen molar-refractivity contribution in [2.75, 3.05) is 107 Å². The second-order valence-corrected chi connectivity index (χ2v) is 16.7. The molecule has 0 bridgehead atoms. The molecule has 0 radical (unpaired) electrons. The lowest BCUT2D eigenvalue weighted by molar-refractivity contribution is -0.133. The van der Waals surface area contributed by atoms with E-state index in [1.807, 2.05) is 58.0 Å². The second-order valence-electron chi connectivity index (χ2n) is 16.7. The predicted octanol–water partition coefficient (Wildman–Crippen LogP) is 1.77. The van der Waals surface area contributed by atoms with Crippen LogP contribution in [0.5, 0.6) is 5.75 Å². The van der Waals surface area contributed by atoms with Gasteiger partial charge in [-0.3, -0.25) is 24.8 Å². The average molecular weight is 854 g/mol. The minimum atomic E-state index is -1.42. The lowest BCUT2D eigenvalue weighted by Gasteiger charge is -2.36. The van der Waals surface area contributed by atoms with E-state index in [2.05, 4.69) is 25.9 Å². The number of morpholine rings is 2. The van der Waals surface area contributed by atoms with Gasteiger partial charge in [-0.05, 0) is 35.1 Å². The van der Waals surface area contributed by atoms with Gasteiger partial charge in [-0.2, -0.15) is 0 Å². The maximum absolute atomic E-state index is 14.8. The third kappa shape index (κ3) is 15.5. The highest BCUT2D eigenvalue weighted by molar-refractivity contribution is 5.91. The third-order valence-corrected chi connectivity index (χ3v) is 11.4. The number of carbonyl (C=O) groups is 4. The van der Waals surface area contributed by atoms with Crippen molar-refractivity contribution in [3.8, 4) is 5.75 Å². The zero-order chi connectivity index (χ0) is 44.5. The molecule has 6 N–H and O–H groups in total. The number of likely N-dealkylation sites (N-methyl/N-ethyl adjacent to an activating group) is 2. The van der Waals surface area contributed by atoms with Crippen LogP contribution >= 0.6 is 0 Å². The van der Waals surface area contributed by atoms with Crippen LogP contribution in [0.3, 0.4) is 0 Å². The van der Waals surface area contributed by atoms with E-state index in [9.17, 15) is 24.3 Å². The Bertz CT molecular complexity index is 1640. The number of aliphatic hydroxyl groups is 1. The van der Waals surface area contributed by atoms with Gasteiger partial charge < -0.3 is 45.5 Å². The normalized spacial score (nSPS) is 17.6. The topological polar surface area (TPSA) is 195 Å². The van der Waals surface area contributed by atoms with Crippen LogP contribution in [0.15, 0.2) is 54.6 Å². The molecule has 2 saturated heterocycles. The number of nitrogens with two attached hydrogens (primary N) is 1. The van der Waals surface area contributed by atoms with Crippen molar-refractivity contribution in [1.82, 2.24) is 40.7 Å². The SMILES string of the molecule is COc1ccc(CN(C[C@H](O)C(C(=O)[C@@H](NC(=O)N(C)CCN2CCOCC2)C(C)C)C(N)c2ccccc2)NC(=O)[C@@H](NC(=O)N(C)CCN2CCOCC2)C(C)C)cc1. The highest BCUT2D eigenvalue weighted by Gasteiger charge is 2.40. The molecule has 2 aliphatic rings. The zero-order valence-electron chi connectivity index (χ0n) is 37.3. The van der Waals surface area contributed by atoms with Crippen molar-refractivity contribution in [2.24, 2.45) is 23.5 Å². The van der Waals surface area contributed by atoms with Crippen molar-refractivity contribution in [3.63, 3.8) is 0 Å². The summed E-state index contributed by atoms with van der Waals surface area (Å²) in [5.74, 6) is -2.13. The Morgan fingerprint density at radius 3 is 1.74 bits per heavy atom. The van der Waals surface area contributed by atoms with Crippen LogP contribution in [0.4, 0.5) is 9.59 Å². The average Bonchev–Trinajstić information content (AvgIpc) is 3.26. The Hall–Kier alpha value is -4.36. The number of amides is 5. The number of ether oxygens (including phenoxy) is 3. The largest absolute Gasteiger partial charge is 0.497 e. The van der Waals surface area contributed by atoms with Crippen LogP contribution in [0.1, 0.15) is 44.9 Å². The zero-order valence-corrected chi connectivity index (χ0v) is 37.3. The van der Waals surface area contributed by atoms with E-state index in [0.29, 0.717) is 63.9 Å². The van der Waals surface area contributed by atoms with Crippen LogP contribution in [-0.4, -0.2) is 178 Å². The maximum Gasteiger partial charge on any atom is 0.317 e. The molecule has 2 unspecified atom stereocenters. The Kier molecular flexibility index (Phi) is 20.1. The van der Waals surface area contributed by atoms with E-state index >= 15 is 0 Å². The number of methoxy groups -OCH3 is 1. The summed E-state index contributed by atoms with van der Waals surface area (Å²) in [7, 11) is 4.96. The van der Waals surface area contributed by atoms with Crippen molar-refractivity contribution in [2.45, 2.75) is 58.5 Å². The molecule has 2 aromatic rings. The van der Waals surface area contributed by atoms with Gasteiger partial charge in [-0.1, -0.05) is 70.2 Å². The smallest absolute Gasteiger partial charge is 0.317 e. The summed E-state index contributed by atoms with van der Waals surface area (Å²) < 4.78 is 16.2. The van der Waals surface area contributed by atoms with E-state index < -0.39 is 53.9 Å². The molecule has 61 heavy (non-hydrogen) atoms. The Morgan fingerprint density at radius 1 is 0.770 bits per heavy atom. The predicted molar refractivity (Wildman–Crippen MR) is 234 cm³/mol. The molecule has 2 fully saturated rings. The number of rotatable bonds is 22. The van der Waals surface area contributed by atoms with Gasteiger partial charge in [0.25, 0.3) is 5.91 Å². The molecule has 4 rings (SSSR count). The lowest BCUT2D eigenvalue weighted by atomic mass is 9.80. The van der Waals surface area contributed by atoms with E-state index in [1.165, 1.54) is 0 Å². The van der Waals surface area contributed by atoms with Gasteiger partial charge in [0, 0.05) is 85.6 Å². The first kappa shape index (κ1) is 49.3. The number of hydrazine groups is 1. The van der Waals surface area contributed by atoms with Gasteiger partial charge >= 0.3 is 12.1 Å². The molecule has 2 aromatic carbocycles. The van der Waals surface area contributed by atoms with Crippen molar-refractivity contribution in [1.29, 1.82) is 0 Å². The van der Waals surface area contributed by atoms with Crippen molar-refractivity contribution < 1.29 is 38.5 Å². The second kappa shape index (κ2) is 24.9. The highest BCUT2D eigenvalue weighted by atomic mass is 16.5. The number of urea groups is 2. The molecular weight excluding hydrogens is 783 g/mol. The fourth-order valence-corrected chi connectivity index (χ4v) is 7.38. The number of nitrogens with one attached hydrogen (secondary N) is 3. The van der Waals surface area contributed by atoms with E-state index in [-0.39, 0.29) is 24.9 Å². The number of benzene rings is 2. The quantitative estimate of drug-likeness (QED) is 0.108. The number of hydrogen-bond donors (Lipinski definition) is 5. The molecular formula is C44H71N9O8. The molecule has 0 aromatic heterocycles. The van der Waals surface area contributed by atoms with Gasteiger partial charge in [-0.25, -0.2) is 14.6 Å². The van der Waals surface area contributed by atoms with E-state index in [1.54, 1.807) is 60.3 Å². The first-order valence-corrected chi connectivity index (χ1v) is 21.5. The van der Waals surface area contributed by atoms with Gasteiger partial charge in [-0.15, -0.1) is 0 Å². The van der Waals surface area contributed by atoms with Gasteiger partial charge in [0.05, 0.1) is 51.6 Å². The first-order valence-electron chi connectivity index (χ1n) is 21.5. The molecule has 340 valence electrons. The molecule has 5 atom stereocenters. The summed E-state index contributed by atoms with van der Waals surface area (Å²) in [6.07, 6.45) is -1.42. The van der Waals surface area contributed by atoms with Gasteiger partial charge in [0.15, 0.2) is 5.78 Å². The highest BCUT2D eigenvalue weighted by Crippen LogP contribution is 2.27. The number of hydrogen-bond acceptors (Lipinski definition) is 12. The number of ketones is 1. The molecule has 17 heteroatoms. The summed E-state index contributed by atoms with van der Waals surface area (Å²) >= 11 is 0. The fourth-order valence-electron chi connectivity index (χ4n) is 7.38. The summed E-state index contributed by atoms with van der Waals surface area (Å²) in [6.45, 7) is 15.3. The Balaban J connectivity index is 1.56. The summed E-state index contributed by atoms with van der Waals surface area (Å²) in [4.78, 5) is 63.5. The fraction of sp³-hybridized carbons (Fsp3) is 0.636. The minimum Gasteiger partial charge on any atom is -0.497 e. The maximum atomic E-state index is 14.8. The number of carbonyl (C=O) groups excluding carboxylic acids is 4. The van der Waals surface area contributed by atoms with Crippen LogP contribution in [0.25, 0.3) is 0 Å². The summed E-state index contributed by atoms with van der Waals surface area (Å²) in [6, 6.07) is 12.6. The summed E-state index contributed by atoms with van der Waals surface area (Å²) in [5.41, 5.74) is 11.3. The Morgan fingerprint density at radius 2 is 1.26 bits per heavy atom. The van der Waals surface area contributed by atoms with Crippen LogP contribution in [-0.2, 0) is 25.6 Å².